The van der Waals surface area contributed by atoms with Gasteiger partial charge in [0.1, 0.15) is 0 Å². The predicted octanol–water partition coefficient (Wildman–Crippen LogP) is 2.25. The maximum Gasteiger partial charge on any atom is 0.273 e. The highest BCUT2D eigenvalue weighted by molar-refractivity contribution is 6.33. The number of rotatable bonds is 4. The van der Waals surface area contributed by atoms with Crippen molar-refractivity contribution in [1.82, 2.24) is 10.9 Å². The minimum atomic E-state index is -0.584. The molecule has 8 heteroatoms. The minimum Gasteiger partial charge on any atom is -0.273 e. The summed E-state index contributed by atoms with van der Waals surface area (Å²) in [4.78, 5) is 34.0. The first-order valence-electron chi connectivity index (χ1n) is 6.55. The molecule has 2 aromatic carbocycles. The van der Waals surface area contributed by atoms with E-state index < -0.39 is 16.7 Å². The van der Waals surface area contributed by atoms with Crippen LogP contribution in [0.4, 0.5) is 5.69 Å². The summed E-state index contributed by atoms with van der Waals surface area (Å²) >= 11 is 5.87. The molecule has 23 heavy (non-hydrogen) atoms. The molecule has 118 valence electrons. The summed E-state index contributed by atoms with van der Waals surface area (Å²) < 4.78 is 0. The summed E-state index contributed by atoms with van der Waals surface area (Å²) in [5, 5.41) is 11.1. The number of hydrazine groups is 1. The van der Waals surface area contributed by atoms with Crippen molar-refractivity contribution in [3.63, 3.8) is 0 Å². The number of hydrogen-bond donors (Lipinski definition) is 2. The fraction of sp³-hybridized carbons (Fsp3) is 0.0667. The second-order valence-electron chi connectivity index (χ2n) is 4.54. The normalized spacial score (nSPS) is 9.96. The summed E-state index contributed by atoms with van der Waals surface area (Å²) in [6, 6.07) is 12.3. The first-order chi connectivity index (χ1) is 11.0. The van der Waals surface area contributed by atoms with Crippen LogP contribution in [0.5, 0.6) is 0 Å². The maximum atomic E-state index is 11.9. The smallest absolute Gasteiger partial charge is 0.273 e. The summed E-state index contributed by atoms with van der Waals surface area (Å²) in [6.07, 6.45) is -0.236. The van der Waals surface area contributed by atoms with E-state index in [1.165, 1.54) is 24.3 Å². The van der Waals surface area contributed by atoms with Gasteiger partial charge in [0.15, 0.2) is 0 Å². The fourth-order valence-corrected chi connectivity index (χ4v) is 2.12. The molecule has 0 aliphatic carbocycles. The Bertz CT molecular complexity index is 764. The Morgan fingerprint density at radius 2 is 1.70 bits per heavy atom. The van der Waals surface area contributed by atoms with Crippen molar-refractivity contribution in [2.75, 3.05) is 0 Å². The molecule has 0 radical (unpaired) electrons. The summed E-state index contributed by atoms with van der Waals surface area (Å²) in [7, 11) is 0. The molecule has 0 atom stereocenters. The van der Waals surface area contributed by atoms with Gasteiger partial charge in [0.25, 0.3) is 11.6 Å². The largest absolute Gasteiger partial charge is 0.273 e. The predicted molar refractivity (Wildman–Crippen MR) is 83.9 cm³/mol. The molecule has 2 N–H and O–H groups in total. The lowest BCUT2D eigenvalue weighted by molar-refractivity contribution is -0.385. The number of hydrogen-bond acceptors (Lipinski definition) is 4. The van der Waals surface area contributed by atoms with Crippen LogP contribution in [0.15, 0.2) is 48.5 Å². The number of amides is 2. The van der Waals surface area contributed by atoms with Gasteiger partial charge in [-0.05, 0) is 12.1 Å². The van der Waals surface area contributed by atoms with Crippen molar-refractivity contribution in [2.45, 2.75) is 6.42 Å². The van der Waals surface area contributed by atoms with Crippen molar-refractivity contribution in [3.8, 4) is 0 Å². The Hall–Kier alpha value is -2.93. The number of nitrogens with zero attached hydrogens (tertiary/aromatic N) is 1. The molecular formula is C15H12ClN3O4. The number of carbonyl (C=O) groups excluding carboxylic acids is 2. The third kappa shape index (κ3) is 4.27. The SMILES string of the molecule is O=C(Cc1ccccc1[N+](=O)[O-])NNC(=O)c1ccccc1Cl. The van der Waals surface area contributed by atoms with E-state index in [-0.39, 0.29) is 28.3 Å². The summed E-state index contributed by atoms with van der Waals surface area (Å²) in [5.74, 6) is -1.16. The van der Waals surface area contributed by atoms with E-state index >= 15 is 0 Å². The summed E-state index contributed by atoms with van der Waals surface area (Å²) in [5.41, 5.74) is 4.73. The van der Waals surface area contributed by atoms with Crippen LogP contribution in [-0.2, 0) is 11.2 Å². The van der Waals surface area contributed by atoms with E-state index in [1.54, 1.807) is 24.3 Å². The van der Waals surface area contributed by atoms with Crippen LogP contribution < -0.4 is 10.9 Å². The molecule has 0 spiro atoms. The number of para-hydroxylation sites is 1. The van der Waals surface area contributed by atoms with E-state index in [0.29, 0.717) is 0 Å². The standard InChI is InChI=1S/C15H12ClN3O4/c16-12-7-3-2-6-11(12)15(21)18-17-14(20)9-10-5-1-4-8-13(10)19(22)23/h1-8H,9H2,(H,17,20)(H,18,21). The van der Waals surface area contributed by atoms with E-state index in [4.69, 9.17) is 11.6 Å². The van der Waals surface area contributed by atoms with Gasteiger partial charge >= 0.3 is 0 Å². The zero-order chi connectivity index (χ0) is 16.8. The third-order valence-electron chi connectivity index (χ3n) is 2.97. The molecule has 0 aromatic heterocycles. The molecule has 0 aliphatic heterocycles. The minimum absolute atomic E-state index is 0.153. The number of carbonyl (C=O) groups is 2. The third-order valence-corrected chi connectivity index (χ3v) is 3.30. The van der Waals surface area contributed by atoms with Crippen LogP contribution in [0.2, 0.25) is 5.02 Å². The molecular weight excluding hydrogens is 322 g/mol. The molecule has 2 rings (SSSR count). The van der Waals surface area contributed by atoms with Crippen LogP contribution in [0.25, 0.3) is 0 Å². The average Bonchev–Trinajstić information content (AvgIpc) is 2.53. The van der Waals surface area contributed by atoms with E-state index in [1.807, 2.05) is 0 Å². The Labute approximate surface area is 136 Å². The molecule has 0 heterocycles. The molecule has 0 aliphatic rings. The molecule has 0 saturated carbocycles. The second kappa shape index (κ2) is 7.37. The van der Waals surface area contributed by atoms with Crippen molar-refractivity contribution in [3.05, 3.63) is 74.8 Å². The quantitative estimate of drug-likeness (QED) is 0.661. The van der Waals surface area contributed by atoms with Gasteiger partial charge in [0.05, 0.1) is 21.9 Å². The fourth-order valence-electron chi connectivity index (χ4n) is 1.89. The molecule has 2 amide bonds. The monoisotopic (exact) mass is 333 g/mol. The van der Waals surface area contributed by atoms with E-state index in [0.717, 1.165) is 0 Å². The molecule has 2 aromatic rings. The van der Waals surface area contributed by atoms with Crippen molar-refractivity contribution >= 4 is 29.1 Å². The molecule has 7 nitrogen and oxygen atoms in total. The van der Waals surface area contributed by atoms with Gasteiger partial charge in [0, 0.05) is 11.6 Å². The summed E-state index contributed by atoms with van der Waals surface area (Å²) in [6.45, 7) is 0. The Morgan fingerprint density at radius 3 is 2.39 bits per heavy atom. The zero-order valence-corrected chi connectivity index (χ0v) is 12.5. The zero-order valence-electron chi connectivity index (χ0n) is 11.8. The van der Waals surface area contributed by atoms with Gasteiger partial charge in [-0.1, -0.05) is 41.9 Å². The van der Waals surface area contributed by atoms with Gasteiger partial charge < -0.3 is 0 Å². The first kappa shape index (κ1) is 16.4. The second-order valence-corrected chi connectivity index (χ2v) is 4.95. The number of nitro benzene ring substituents is 1. The average molecular weight is 334 g/mol. The van der Waals surface area contributed by atoms with Gasteiger partial charge in [-0.3, -0.25) is 30.6 Å². The highest BCUT2D eigenvalue weighted by Crippen LogP contribution is 2.18. The Morgan fingerprint density at radius 1 is 1.04 bits per heavy atom. The highest BCUT2D eigenvalue weighted by Gasteiger charge is 2.16. The highest BCUT2D eigenvalue weighted by atomic mass is 35.5. The number of nitrogens with one attached hydrogen (secondary N) is 2. The van der Waals surface area contributed by atoms with Crippen LogP contribution in [0, 0.1) is 10.1 Å². The first-order valence-corrected chi connectivity index (χ1v) is 6.93. The molecule has 0 bridgehead atoms. The van der Waals surface area contributed by atoms with Crippen LogP contribution in [-0.4, -0.2) is 16.7 Å². The molecule has 0 saturated heterocycles. The van der Waals surface area contributed by atoms with Gasteiger partial charge in [-0.2, -0.15) is 0 Å². The number of halogens is 1. The van der Waals surface area contributed by atoms with E-state index in [2.05, 4.69) is 10.9 Å². The van der Waals surface area contributed by atoms with Crippen LogP contribution in [0.3, 0.4) is 0 Å². The topological polar surface area (TPSA) is 101 Å². The number of nitro groups is 1. The van der Waals surface area contributed by atoms with E-state index in [9.17, 15) is 19.7 Å². The Kier molecular flexibility index (Phi) is 5.27. The number of benzene rings is 2. The lowest BCUT2D eigenvalue weighted by Gasteiger charge is -2.08. The lowest BCUT2D eigenvalue weighted by Crippen LogP contribution is -2.42. The molecule has 0 fully saturated rings. The van der Waals surface area contributed by atoms with Crippen LogP contribution in [0.1, 0.15) is 15.9 Å². The Balaban J connectivity index is 1.97. The van der Waals surface area contributed by atoms with Gasteiger partial charge in [-0.15, -0.1) is 0 Å². The lowest BCUT2D eigenvalue weighted by atomic mass is 10.1. The van der Waals surface area contributed by atoms with Crippen molar-refractivity contribution in [2.24, 2.45) is 0 Å². The van der Waals surface area contributed by atoms with Crippen LogP contribution >= 0.6 is 11.6 Å². The maximum absolute atomic E-state index is 11.9. The van der Waals surface area contributed by atoms with Crippen molar-refractivity contribution < 1.29 is 14.5 Å². The van der Waals surface area contributed by atoms with Gasteiger partial charge in [0.2, 0.25) is 5.91 Å². The molecule has 0 unspecified atom stereocenters. The van der Waals surface area contributed by atoms with Crippen molar-refractivity contribution in [1.29, 1.82) is 0 Å². The van der Waals surface area contributed by atoms with Gasteiger partial charge in [-0.25, -0.2) is 0 Å².